The van der Waals surface area contributed by atoms with E-state index in [1.165, 1.54) is 6.07 Å². The summed E-state index contributed by atoms with van der Waals surface area (Å²) >= 11 is 3.03. The lowest BCUT2D eigenvalue weighted by Crippen LogP contribution is -2.09. The molecule has 0 fully saturated rings. The molecule has 1 rings (SSSR count). The van der Waals surface area contributed by atoms with E-state index in [-0.39, 0.29) is 23.0 Å². The number of hydrogen-bond acceptors (Lipinski definition) is 2. The molecular formula is C10H10BrFO2. The number of Topliss-reactive ketones (excluding diaryl/α,β-unsaturated/α-hetero) is 1. The smallest absolute Gasteiger partial charge is 0.168 e. The minimum atomic E-state index is -0.690. The first-order valence-corrected chi connectivity index (χ1v) is 4.95. The van der Waals surface area contributed by atoms with E-state index >= 15 is 0 Å². The highest BCUT2D eigenvalue weighted by Crippen LogP contribution is 2.27. The summed E-state index contributed by atoms with van der Waals surface area (Å²) in [6, 6.07) is 2.23. The van der Waals surface area contributed by atoms with Crippen LogP contribution in [0.3, 0.4) is 0 Å². The van der Waals surface area contributed by atoms with Crippen molar-refractivity contribution in [1.82, 2.24) is 0 Å². The lowest BCUT2D eigenvalue weighted by atomic mass is 10.0. The average Bonchev–Trinajstić information content (AvgIpc) is 2.10. The predicted molar refractivity (Wildman–Crippen MR) is 54.9 cm³/mol. The molecule has 0 heterocycles. The Hall–Kier alpha value is -0.900. The van der Waals surface area contributed by atoms with Gasteiger partial charge in [0.1, 0.15) is 11.6 Å². The van der Waals surface area contributed by atoms with Crippen LogP contribution in [0.5, 0.6) is 5.75 Å². The maximum absolute atomic E-state index is 13.2. The zero-order chi connectivity index (χ0) is 10.9. The average molecular weight is 261 g/mol. The molecule has 0 unspecified atom stereocenters. The summed E-state index contributed by atoms with van der Waals surface area (Å²) in [6.07, 6.45) is 0. The van der Waals surface area contributed by atoms with Gasteiger partial charge in [-0.2, -0.15) is 0 Å². The van der Waals surface area contributed by atoms with Crippen molar-refractivity contribution in [3.05, 3.63) is 28.0 Å². The summed E-state index contributed by atoms with van der Waals surface area (Å²) in [4.78, 5) is 11.5. The molecule has 0 radical (unpaired) electrons. The van der Waals surface area contributed by atoms with Crippen LogP contribution in [0, 0.1) is 11.7 Å². The molecule has 0 saturated carbocycles. The number of ketones is 1. The molecule has 4 heteroatoms. The van der Waals surface area contributed by atoms with Crippen LogP contribution in [0.4, 0.5) is 4.39 Å². The maximum atomic E-state index is 13.2. The number of phenols is 1. The summed E-state index contributed by atoms with van der Waals surface area (Å²) in [5.41, 5.74) is 0.00433. The SMILES string of the molecule is CC(C)C(=O)c1cc(Br)c(O)cc1F. The van der Waals surface area contributed by atoms with E-state index in [1.54, 1.807) is 13.8 Å². The summed E-state index contributed by atoms with van der Waals surface area (Å²) in [7, 11) is 0. The van der Waals surface area contributed by atoms with Gasteiger partial charge in [0.25, 0.3) is 0 Å². The Morgan fingerprint density at radius 1 is 1.50 bits per heavy atom. The van der Waals surface area contributed by atoms with Crippen LogP contribution in [0.2, 0.25) is 0 Å². The van der Waals surface area contributed by atoms with Crippen molar-refractivity contribution in [2.24, 2.45) is 5.92 Å². The lowest BCUT2D eigenvalue weighted by molar-refractivity contribution is 0.0935. The molecule has 76 valence electrons. The normalized spacial score (nSPS) is 10.6. The quantitative estimate of drug-likeness (QED) is 0.830. The maximum Gasteiger partial charge on any atom is 0.168 e. The van der Waals surface area contributed by atoms with Crippen molar-refractivity contribution in [1.29, 1.82) is 0 Å². The topological polar surface area (TPSA) is 37.3 Å². The van der Waals surface area contributed by atoms with Crippen molar-refractivity contribution in [2.75, 3.05) is 0 Å². The van der Waals surface area contributed by atoms with Crippen molar-refractivity contribution in [2.45, 2.75) is 13.8 Å². The van der Waals surface area contributed by atoms with Crippen LogP contribution < -0.4 is 0 Å². The third-order valence-corrected chi connectivity index (χ3v) is 2.46. The molecule has 1 aromatic carbocycles. The van der Waals surface area contributed by atoms with Gasteiger partial charge in [-0.05, 0) is 22.0 Å². The number of hydrogen-bond donors (Lipinski definition) is 1. The molecule has 0 amide bonds. The van der Waals surface area contributed by atoms with E-state index in [2.05, 4.69) is 15.9 Å². The molecular weight excluding hydrogens is 251 g/mol. The van der Waals surface area contributed by atoms with E-state index in [1.807, 2.05) is 0 Å². The fraction of sp³-hybridized carbons (Fsp3) is 0.300. The summed E-state index contributed by atoms with van der Waals surface area (Å²) in [5.74, 6) is -1.43. The van der Waals surface area contributed by atoms with Crippen LogP contribution in [0.15, 0.2) is 16.6 Å². The molecule has 2 nitrogen and oxygen atoms in total. The Bertz CT molecular complexity index is 375. The van der Waals surface area contributed by atoms with Crippen LogP contribution in [0.25, 0.3) is 0 Å². The van der Waals surface area contributed by atoms with E-state index in [9.17, 15) is 9.18 Å². The van der Waals surface area contributed by atoms with Gasteiger partial charge in [0.15, 0.2) is 5.78 Å². The van der Waals surface area contributed by atoms with Gasteiger partial charge in [-0.1, -0.05) is 13.8 Å². The van der Waals surface area contributed by atoms with Crippen molar-refractivity contribution in [3.8, 4) is 5.75 Å². The molecule has 0 saturated heterocycles. The van der Waals surface area contributed by atoms with Crippen LogP contribution in [-0.2, 0) is 0 Å². The number of carbonyl (C=O) groups is 1. The number of halogens is 2. The number of aromatic hydroxyl groups is 1. The molecule has 0 aliphatic rings. The molecule has 1 aromatic rings. The van der Waals surface area contributed by atoms with E-state index in [4.69, 9.17) is 5.11 Å². The molecule has 0 atom stereocenters. The second kappa shape index (κ2) is 4.09. The Balaban J connectivity index is 3.22. The molecule has 0 aliphatic heterocycles. The number of carbonyl (C=O) groups excluding carboxylic acids is 1. The second-order valence-electron chi connectivity index (χ2n) is 3.30. The predicted octanol–water partition coefficient (Wildman–Crippen LogP) is 3.13. The van der Waals surface area contributed by atoms with Gasteiger partial charge in [0, 0.05) is 12.0 Å². The van der Waals surface area contributed by atoms with Crippen LogP contribution >= 0.6 is 15.9 Å². The summed E-state index contributed by atoms with van der Waals surface area (Å²) < 4.78 is 13.6. The first-order chi connectivity index (χ1) is 6.43. The van der Waals surface area contributed by atoms with Gasteiger partial charge >= 0.3 is 0 Å². The third kappa shape index (κ3) is 2.12. The monoisotopic (exact) mass is 260 g/mol. The van der Waals surface area contributed by atoms with Crippen molar-refractivity contribution >= 4 is 21.7 Å². The zero-order valence-corrected chi connectivity index (χ0v) is 9.43. The number of benzene rings is 1. The highest BCUT2D eigenvalue weighted by molar-refractivity contribution is 9.10. The number of rotatable bonds is 2. The first-order valence-electron chi connectivity index (χ1n) is 4.15. The lowest BCUT2D eigenvalue weighted by Gasteiger charge is -2.06. The summed E-state index contributed by atoms with van der Waals surface area (Å²) in [5, 5.41) is 9.15. The second-order valence-corrected chi connectivity index (χ2v) is 4.16. The van der Waals surface area contributed by atoms with E-state index < -0.39 is 5.82 Å². The zero-order valence-electron chi connectivity index (χ0n) is 7.84. The standard InChI is InChI=1S/C10H10BrFO2/c1-5(2)10(14)6-3-7(11)9(13)4-8(6)12/h3-5,13H,1-2H3. The third-order valence-electron chi connectivity index (χ3n) is 1.83. The molecule has 0 aromatic heterocycles. The van der Waals surface area contributed by atoms with Crippen molar-refractivity contribution in [3.63, 3.8) is 0 Å². The van der Waals surface area contributed by atoms with E-state index in [0.717, 1.165) is 6.07 Å². The van der Waals surface area contributed by atoms with Crippen LogP contribution in [0.1, 0.15) is 24.2 Å². The van der Waals surface area contributed by atoms with Crippen molar-refractivity contribution < 1.29 is 14.3 Å². The Labute approximate surface area is 89.9 Å². The largest absolute Gasteiger partial charge is 0.507 e. The first kappa shape index (κ1) is 11.2. The molecule has 0 spiro atoms. The van der Waals surface area contributed by atoms with E-state index in [0.29, 0.717) is 4.47 Å². The molecule has 0 bridgehead atoms. The molecule has 1 N–H and O–H groups in total. The Kier molecular flexibility index (Phi) is 3.26. The van der Waals surface area contributed by atoms with Gasteiger partial charge in [-0.15, -0.1) is 0 Å². The fourth-order valence-corrected chi connectivity index (χ4v) is 1.38. The Morgan fingerprint density at radius 2 is 2.07 bits per heavy atom. The minimum Gasteiger partial charge on any atom is -0.507 e. The Morgan fingerprint density at radius 3 is 2.57 bits per heavy atom. The highest BCUT2D eigenvalue weighted by atomic mass is 79.9. The van der Waals surface area contributed by atoms with Gasteiger partial charge < -0.3 is 5.11 Å². The van der Waals surface area contributed by atoms with Gasteiger partial charge in [0.2, 0.25) is 0 Å². The fourth-order valence-electron chi connectivity index (χ4n) is 1.04. The van der Waals surface area contributed by atoms with Gasteiger partial charge in [-0.25, -0.2) is 4.39 Å². The molecule has 14 heavy (non-hydrogen) atoms. The molecule has 0 aliphatic carbocycles. The van der Waals surface area contributed by atoms with Gasteiger partial charge in [-0.3, -0.25) is 4.79 Å². The van der Waals surface area contributed by atoms with Gasteiger partial charge in [0.05, 0.1) is 10.0 Å². The summed E-state index contributed by atoms with van der Waals surface area (Å²) in [6.45, 7) is 3.39. The number of phenolic OH excluding ortho intramolecular Hbond substituents is 1. The highest BCUT2D eigenvalue weighted by Gasteiger charge is 2.17. The van der Waals surface area contributed by atoms with Crippen LogP contribution in [-0.4, -0.2) is 10.9 Å². The minimum absolute atomic E-state index is 0.00433.